The molecule has 3 nitrogen and oxygen atoms in total. The Bertz CT molecular complexity index is 528. The van der Waals surface area contributed by atoms with Crippen LogP contribution in [0.25, 0.3) is 0 Å². The maximum absolute atomic E-state index is 5.50. The molecule has 0 aliphatic heterocycles. The van der Waals surface area contributed by atoms with Gasteiger partial charge in [-0.3, -0.25) is 0 Å². The molecule has 2 aromatic carbocycles. The SMILES string of the molecule is COC[Se](c1ccc(N(C)C)cc1)c1ccc(N(C)C)cc1. The number of nitrogens with zero attached hydrogens (tertiary/aromatic N) is 2. The maximum atomic E-state index is 5.50. The van der Waals surface area contributed by atoms with E-state index >= 15 is 0 Å². The summed E-state index contributed by atoms with van der Waals surface area (Å²) in [5.74, 6) is 0. The minimum absolute atomic E-state index is 0.808. The third-order valence-corrected chi connectivity index (χ3v) is 8.03. The van der Waals surface area contributed by atoms with E-state index in [4.69, 9.17) is 4.74 Å². The molecule has 0 aliphatic carbocycles. The average molecular weight is 364 g/mol. The van der Waals surface area contributed by atoms with Crippen LogP contribution >= 0.6 is 0 Å². The zero-order valence-corrected chi connectivity index (χ0v) is 15.7. The molecule has 0 spiro atoms. The van der Waals surface area contributed by atoms with Crippen molar-refractivity contribution in [1.82, 2.24) is 0 Å². The van der Waals surface area contributed by atoms with Crippen LogP contribution in [0.4, 0.5) is 11.4 Å². The Morgan fingerprint density at radius 2 is 1.09 bits per heavy atom. The normalized spacial score (nSPS) is 10.8. The van der Waals surface area contributed by atoms with Gasteiger partial charge in [-0.25, -0.2) is 0 Å². The van der Waals surface area contributed by atoms with E-state index in [1.165, 1.54) is 20.3 Å². The third-order valence-electron chi connectivity index (χ3n) is 3.51. The van der Waals surface area contributed by atoms with Crippen LogP contribution < -0.4 is 18.7 Å². The monoisotopic (exact) mass is 365 g/mol. The van der Waals surface area contributed by atoms with Crippen molar-refractivity contribution in [2.75, 3.05) is 50.6 Å². The Kier molecular flexibility index (Phi) is 5.90. The Hall–Kier alpha value is -1.48. The van der Waals surface area contributed by atoms with Crippen LogP contribution in [-0.4, -0.2) is 54.7 Å². The Balaban J connectivity index is 2.28. The second-order valence-electron chi connectivity index (χ2n) is 5.57. The van der Waals surface area contributed by atoms with Crippen molar-refractivity contribution in [1.29, 1.82) is 0 Å². The van der Waals surface area contributed by atoms with Crippen molar-refractivity contribution < 1.29 is 4.74 Å². The second kappa shape index (κ2) is 7.68. The molecule has 4 heteroatoms. The standard InChI is InChI=1S/C18H25N2OSe/c1-19(2)15-6-10-17(11-7-15)22(14-21-5)18-12-8-16(9-13-18)20(3)4/h6-13H,14H2,1-5H3. The fourth-order valence-electron chi connectivity index (χ4n) is 2.21. The van der Waals surface area contributed by atoms with E-state index in [1.807, 2.05) is 0 Å². The molecular formula is C18H25N2OSe. The first-order valence-electron chi connectivity index (χ1n) is 7.27. The van der Waals surface area contributed by atoms with Crippen LogP contribution in [-0.2, 0) is 4.74 Å². The van der Waals surface area contributed by atoms with Gasteiger partial charge in [0.15, 0.2) is 0 Å². The first-order chi connectivity index (χ1) is 10.5. The summed E-state index contributed by atoms with van der Waals surface area (Å²) in [5.41, 5.74) is 3.27. The zero-order valence-electron chi connectivity index (χ0n) is 14.0. The summed E-state index contributed by atoms with van der Waals surface area (Å²) in [6.07, 6.45) is 0. The molecule has 2 aromatic rings. The summed E-state index contributed by atoms with van der Waals surface area (Å²) >= 11 is -1.16. The molecule has 0 atom stereocenters. The first kappa shape index (κ1) is 16.9. The number of benzene rings is 2. The van der Waals surface area contributed by atoms with Crippen molar-refractivity contribution in [3.8, 4) is 0 Å². The van der Waals surface area contributed by atoms with Crippen LogP contribution in [0.1, 0.15) is 0 Å². The molecule has 0 heterocycles. The van der Waals surface area contributed by atoms with Crippen molar-refractivity contribution in [2.45, 2.75) is 0 Å². The van der Waals surface area contributed by atoms with E-state index in [0.717, 1.165) is 5.51 Å². The van der Waals surface area contributed by atoms with Crippen molar-refractivity contribution in [3.63, 3.8) is 0 Å². The van der Waals surface area contributed by atoms with Gasteiger partial charge in [-0.2, -0.15) is 0 Å². The molecule has 0 bridgehead atoms. The molecule has 0 aliphatic rings. The van der Waals surface area contributed by atoms with E-state index in [2.05, 4.69) is 86.5 Å². The predicted octanol–water partition coefficient (Wildman–Crippen LogP) is 1.61. The fourth-order valence-corrected chi connectivity index (χ4v) is 5.79. The fraction of sp³-hybridized carbons (Fsp3) is 0.333. The number of ether oxygens (including phenoxy) is 1. The molecule has 0 saturated carbocycles. The summed E-state index contributed by atoms with van der Waals surface area (Å²) in [6, 6.07) is 17.8. The van der Waals surface area contributed by atoms with Gasteiger partial charge in [-0.05, 0) is 0 Å². The van der Waals surface area contributed by atoms with Crippen LogP contribution in [0, 0.1) is 0 Å². The van der Waals surface area contributed by atoms with E-state index < -0.39 is 13.9 Å². The van der Waals surface area contributed by atoms with Gasteiger partial charge >= 0.3 is 138 Å². The van der Waals surface area contributed by atoms with Gasteiger partial charge in [-0.1, -0.05) is 0 Å². The molecule has 0 unspecified atom stereocenters. The quantitative estimate of drug-likeness (QED) is 0.725. The summed E-state index contributed by atoms with van der Waals surface area (Å²) in [7, 11) is 10.1. The van der Waals surface area contributed by atoms with Gasteiger partial charge in [0.05, 0.1) is 0 Å². The van der Waals surface area contributed by atoms with Gasteiger partial charge in [0.1, 0.15) is 0 Å². The van der Waals surface area contributed by atoms with Crippen molar-refractivity contribution in [2.24, 2.45) is 0 Å². The minimum atomic E-state index is -1.16. The molecule has 2 rings (SSSR count). The molecule has 0 amide bonds. The summed E-state index contributed by atoms with van der Waals surface area (Å²) < 4.78 is 8.32. The third kappa shape index (κ3) is 4.04. The summed E-state index contributed by atoms with van der Waals surface area (Å²) in [6.45, 7) is 0. The van der Waals surface area contributed by atoms with E-state index in [9.17, 15) is 0 Å². The first-order valence-corrected chi connectivity index (χ1v) is 10.2. The molecule has 22 heavy (non-hydrogen) atoms. The van der Waals surface area contributed by atoms with Gasteiger partial charge < -0.3 is 0 Å². The summed E-state index contributed by atoms with van der Waals surface area (Å²) in [4.78, 5) is 4.25. The number of rotatable bonds is 6. The molecule has 0 N–H and O–H groups in total. The zero-order chi connectivity index (χ0) is 16.1. The van der Waals surface area contributed by atoms with Crippen molar-refractivity contribution >= 4 is 34.2 Å². The van der Waals surface area contributed by atoms with E-state index in [0.29, 0.717) is 0 Å². The topological polar surface area (TPSA) is 15.7 Å². The van der Waals surface area contributed by atoms with Gasteiger partial charge in [0.2, 0.25) is 0 Å². The number of anilines is 2. The number of hydrogen-bond donors (Lipinski definition) is 0. The molecule has 119 valence electrons. The molecule has 0 aromatic heterocycles. The number of hydrogen-bond acceptors (Lipinski definition) is 3. The second-order valence-corrected chi connectivity index (χ2v) is 9.69. The van der Waals surface area contributed by atoms with Gasteiger partial charge in [0.25, 0.3) is 0 Å². The Morgan fingerprint density at radius 3 is 1.36 bits per heavy atom. The predicted molar refractivity (Wildman–Crippen MR) is 98.4 cm³/mol. The molecule has 0 fully saturated rings. The van der Waals surface area contributed by atoms with Crippen molar-refractivity contribution in [3.05, 3.63) is 48.5 Å². The number of methoxy groups -OCH3 is 1. The average Bonchev–Trinajstić information content (AvgIpc) is 2.53. The Morgan fingerprint density at radius 1 is 0.727 bits per heavy atom. The Labute approximate surface area is 138 Å². The van der Waals surface area contributed by atoms with E-state index in [-0.39, 0.29) is 0 Å². The molecular weight excluding hydrogens is 339 g/mol. The van der Waals surface area contributed by atoms with Crippen LogP contribution in [0.15, 0.2) is 48.5 Å². The molecule has 0 saturated heterocycles. The van der Waals surface area contributed by atoms with Crippen LogP contribution in [0.5, 0.6) is 0 Å². The van der Waals surface area contributed by atoms with Crippen LogP contribution in [0.2, 0.25) is 0 Å². The summed E-state index contributed by atoms with van der Waals surface area (Å²) in [5, 5.41) is 0. The van der Waals surface area contributed by atoms with Crippen LogP contribution in [0.3, 0.4) is 0 Å². The van der Waals surface area contributed by atoms with Gasteiger partial charge in [0, 0.05) is 0 Å². The van der Waals surface area contributed by atoms with E-state index in [1.54, 1.807) is 7.11 Å². The van der Waals surface area contributed by atoms with Gasteiger partial charge in [-0.15, -0.1) is 0 Å². The molecule has 1 radical (unpaired) electrons.